The number of para-hydroxylation sites is 1. The molecule has 2 aromatic carbocycles. The average molecular weight is 312 g/mol. The molecule has 5 nitrogen and oxygen atoms in total. The number of aryl methyl sites for hydroxylation is 1. The number of anilines is 2. The normalized spacial score (nSPS) is 17.1. The lowest BCUT2D eigenvalue weighted by Crippen LogP contribution is -2.56. The summed E-state index contributed by atoms with van der Waals surface area (Å²) in [7, 11) is 3.13. The maximum atomic E-state index is 13.0. The molecule has 1 amide bonds. The third kappa shape index (κ3) is 2.81. The molecule has 3 rings (SSSR count). The van der Waals surface area contributed by atoms with Gasteiger partial charge in [-0.15, -0.1) is 0 Å². The van der Waals surface area contributed by atoms with Gasteiger partial charge in [0.25, 0.3) is 5.91 Å². The summed E-state index contributed by atoms with van der Waals surface area (Å²) in [6.07, 6.45) is -1.04. The van der Waals surface area contributed by atoms with E-state index < -0.39 is 12.5 Å². The summed E-state index contributed by atoms with van der Waals surface area (Å²) in [5.41, 5.74) is 3.35. The predicted molar refractivity (Wildman–Crippen MR) is 89.6 cm³/mol. The van der Waals surface area contributed by atoms with Gasteiger partial charge < -0.3 is 14.8 Å². The van der Waals surface area contributed by atoms with E-state index in [0.29, 0.717) is 5.56 Å². The molecule has 1 heterocycles. The number of carbonyl (C=O) groups is 1. The molecule has 0 saturated heterocycles. The molecule has 0 fully saturated rings. The molecule has 2 aromatic rings. The Morgan fingerprint density at radius 3 is 2.35 bits per heavy atom. The first-order valence-corrected chi connectivity index (χ1v) is 7.47. The second-order valence-electron chi connectivity index (χ2n) is 5.49. The molecule has 0 aromatic heterocycles. The minimum Gasteiger partial charge on any atom is -0.360 e. The summed E-state index contributed by atoms with van der Waals surface area (Å²) in [4.78, 5) is 14.7. The van der Waals surface area contributed by atoms with Crippen LogP contribution in [0.25, 0.3) is 0 Å². The fourth-order valence-corrected chi connectivity index (χ4v) is 2.80. The number of amides is 1. The Hall–Kier alpha value is -2.37. The Labute approximate surface area is 135 Å². The predicted octanol–water partition coefficient (Wildman–Crippen LogP) is 3.01. The molecule has 0 bridgehead atoms. The first-order chi connectivity index (χ1) is 11.2. The van der Waals surface area contributed by atoms with Crippen LogP contribution in [0.1, 0.15) is 15.9 Å². The second-order valence-corrected chi connectivity index (χ2v) is 5.49. The molecule has 1 atom stereocenters. The minimum atomic E-state index is -0.589. The smallest absolute Gasteiger partial charge is 0.262 e. The van der Waals surface area contributed by atoms with Gasteiger partial charge >= 0.3 is 0 Å². The molecule has 5 heteroatoms. The largest absolute Gasteiger partial charge is 0.360 e. The van der Waals surface area contributed by atoms with Gasteiger partial charge in [0.1, 0.15) is 0 Å². The van der Waals surface area contributed by atoms with E-state index in [-0.39, 0.29) is 5.91 Å². The van der Waals surface area contributed by atoms with Crippen molar-refractivity contribution in [1.29, 1.82) is 0 Å². The van der Waals surface area contributed by atoms with E-state index in [4.69, 9.17) is 9.47 Å². The van der Waals surface area contributed by atoms with Gasteiger partial charge in [0.15, 0.2) is 12.5 Å². The maximum absolute atomic E-state index is 13.0. The van der Waals surface area contributed by atoms with Gasteiger partial charge in [-0.05, 0) is 31.2 Å². The molecule has 1 unspecified atom stereocenters. The highest BCUT2D eigenvalue weighted by Gasteiger charge is 2.38. The van der Waals surface area contributed by atoms with E-state index in [0.717, 1.165) is 16.9 Å². The van der Waals surface area contributed by atoms with Gasteiger partial charge in [-0.25, -0.2) is 0 Å². The van der Waals surface area contributed by atoms with Crippen LogP contribution in [0.5, 0.6) is 0 Å². The van der Waals surface area contributed by atoms with Gasteiger partial charge in [-0.3, -0.25) is 9.69 Å². The Balaban J connectivity index is 2.08. The van der Waals surface area contributed by atoms with E-state index in [1.54, 1.807) is 19.1 Å². The van der Waals surface area contributed by atoms with Crippen LogP contribution < -0.4 is 10.2 Å². The number of nitrogens with one attached hydrogen (secondary N) is 1. The number of nitrogens with zero attached hydrogens (tertiary/aromatic N) is 1. The summed E-state index contributed by atoms with van der Waals surface area (Å²) < 4.78 is 10.8. The van der Waals surface area contributed by atoms with Gasteiger partial charge in [-0.1, -0.05) is 29.8 Å². The number of rotatable bonds is 4. The maximum Gasteiger partial charge on any atom is 0.262 e. The third-order valence-corrected chi connectivity index (χ3v) is 3.99. The first kappa shape index (κ1) is 15.5. The zero-order chi connectivity index (χ0) is 16.4. The zero-order valence-electron chi connectivity index (χ0n) is 13.4. The average Bonchev–Trinajstić information content (AvgIpc) is 2.57. The standard InChI is InChI=1S/C18H20N2O3/c1-12-8-10-13(11-9-12)20-16(18(22-2)23-3)19-15-7-5-4-6-14(15)17(20)21/h4-11,16,18-19H,1-3H3. The highest BCUT2D eigenvalue weighted by Crippen LogP contribution is 2.31. The SMILES string of the molecule is COC(OC)C1Nc2ccccc2C(=O)N1c1ccc(C)cc1. The van der Waals surface area contributed by atoms with E-state index >= 15 is 0 Å². The molecule has 1 aliphatic rings. The molecule has 1 aliphatic heterocycles. The quantitative estimate of drug-likeness (QED) is 0.882. The number of benzene rings is 2. The van der Waals surface area contributed by atoms with Crippen molar-refractivity contribution in [3.8, 4) is 0 Å². The van der Waals surface area contributed by atoms with Crippen molar-refractivity contribution in [2.45, 2.75) is 19.4 Å². The molecule has 120 valence electrons. The van der Waals surface area contributed by atoms with Crippen molar-refractivity contribution >= 4 is 17.3 Å². The summed E-state index contributed by atoms with van der Waals surface area (Å²) >= 11 is 0. The lowest BCUT2D eigenvalue weighted by atomic mass is 10.1. The number of hydrogen-bond acceptors (Lipinski definition) is 4. The minimum absolute atomic E-state index is 0.0766. The Morgan fingerprint density at radius 2 is 1.70 bits per heavy atom. The lowest BCUT2D eigenvalue weighted by molar-refractivity contribution is -0.111. The summed E-state index contributed by atoms with van der Waals surface area (Å²) in [6.45, 7) is 2.01. The molecule has 0 saturated carbocycles. The van der Waals surface area contributed by atoms with Crippen molar-refractivity contribution in [1.82, 2.24) is 0 Å². The Bertz CT molecular complexity index is 696. The molecule has 0 radical (unpaired) electrons. The van der Waals surface area contributed by atoms with Crippen LogP contribution in [-0.4, -0.2) is 32.6 Å². The molecule has 0 aliphatic carbocycles. The second kappa shape index (κ2) is 6.40. The lowest BCUT2D eigenvalue weighted by Gasteiger charge is -2.40. The van der Waals surface area contributed by atoms with E-state index in [1.807, 2.05) is 55.5 Å². The number of hydrogen-bond donors (Lipinski definition) is 1. The van der Waals surface area contributed by atoms with Gasteiger partial charge in [0, 0.05) is 25.6 Å². The molecular weight excluding hydrogens is 292 g/mol. The van der Waals surface area contributed by atoms with Gasteiger partial charge in [0.2, 0.25) is 0 Å². The van der Waals surface area contributed by atoms with Crippen LogP contribution >= 0.6 is 0 Å². The van der Waals surface area contributed by atoms with Crippen LogP contribution in [0, 0.1) is 6.92 Å². The van der Waals surface area contributed by atoms with Crippen LogP contribution in [0.4, 0.5) is 11.4 Å². The summed E-state index contributed by atoms with van der Waals surface area (Å²) in [5, 5.41) is 3.35. The van der Waals surface area contributed by atoms with Gasteiger partial charge in [-0.2, -0.15) is 0 Å². The monoisotopic (exact) mass is 312 g/mol. The first-order valence-electron chi connectivity index (χ1n) is 7.47. The van der Waals surface area contributed by atoms with Crippen LogP contribution in [-0.2, 0) is 9.47 Å². The van der Waals surface area contributed by atoms with Crippen LogP contribution in [0.15, 0.2) is 48.5 Å². The van der Waals surface area contributed by atoms with Crippen LogP contribution in [0.2, 0.25) is 0 Å². The van der Waals surface area contributed by atoms with Crippen molar-refractivity contribution in [2.24, 2.45) is 0 Å². The topological polar surface area (TPSA) is 50.8 Å². The van der Waals surface area contributed by atoms with Crippen molar-refractivity contribution in [2.75, 3.05) is 24.4 Å². The molecule has 23 heavy (non-hydrogen) atoms. The fourth-order valence-electron chi connectivity index (χ4n) is 2.80. The van der Waals surface area contributed by atoms with Crippen molar-refractivity contribution in [3.63, 3.8) is 0 Å². The van der Waals surface area contributed by atoms with Crippen molar-refractivity contribution < 1.29 is 14.3 Å². The fraction of sp³-hybridized carbons (Fsp3) is 0.278. The number of fused-ring (bicyclic) bond motifs is 1. The van der Waals surface area contributed by atoms with Gasteiger partial charge in [0.05, 0.1) is 5.56 Å². The highest BCUT2D eigenvalue weighted by molar-refractivity contribution is 6.12. The Kier molecular flexibility index (Phi) is 4.32. The summed E-state index contributed by atoms with van der Waals surface area (Å²) in [5.74, 6) is -0.0766. The van der Waals surface area contributed by atoms with Crippen LogP contribution in [0.3, 0.4) is 0 Å². The van der Waals surface area contributed by atoms with E-state index in [2.05, 4.69) is 5.32 Å². The Morgan fingerprint density at radius 1 is 1.04 bits per heavy atom. The molecular formula is C18H20N2O3. The van der Waals surface area contributed by atoms with E-state index in [9.17, 15) is 4.79 Å². The van der Waals surface area contributed by atoms with Crippen molar-refractivity contribution in [3.05, 3.63) is 59.7 Å². The molecule has 1 N–H and O–H groups in total. The zero-order valence-corrected chi connectivity index (χ0v) is 13.4. The number of ether oxygens (including phenoxy) is 2. The highest BCUT2D eigenvalue weighted by atomic mass is 16.7. The molecule has 0 spiro atoms. The number of methoxy groups -OCH3 is 2. The number of carbonyl (C=O) groups excluding carboxylic acids is 1. The van der Waals surface area contributed by atoms with E-state index in [1.165, 1.54) is 0 Å². The third-order valence-electron chi connectivity index (χ3n) is 3.99. The summed E-state index contributed by atoms with van der Waals surface area (Å²) in [6, 6.07) is 15.3.